The molecular weight excluding hydrogens is 462 g/mol. The lowest BCUT2D eigenvalue weighted by Gasteiger charge is -2.10. The van der Waals surface area contributed by atoms with Gasteiger partial charge in [0.25, 0.3) is 0 Å². The molecule has 0 aliphatic heterocycles. The minimum absolute atomic E-state index is 0.920. The van der Waals surface area contributed by atoms with E-state index in [9.17, 15) is 0 Å². The van der Waals surface area contributed by atoms with E-state index in [0.29, 0.717) is 0 Å². The minimum atomic E-state index is 0.920. The topological polar surface area (TPSA) is 25.2 Å². The summed E-state index contributed by atoms with van der Waals surface area (Å²) < 4.78 is 5.98. The van der Waals surface area contributed by atoms with Gasteiger partial charge >= 0.3 is 0 Å². The van der Waals surface area contributed by atoms with Crippen LogP contribution in [0.25, 0.3) is 55.3 Å². The van der Waals surface area contributed by atoms with Crippen molar-refractivity contribution in [2.24, 2.45) is 0 Å². The third kappa shape index (κ3) is 4.23. The van der Waals surface area contributed by atoms with Gasteiger partial charge in [-0.3, -0.25) is 0 Å². The summed E-state index contributed by atoms with van der Waals surface area (Å²) in [5.74, 6) is 0. The number of nitrogens with one attached hydrogen (secondary N) is 1. The molecule has 7 rings (SSSR count). The summed E-state index contributed by atoms with van der Waals surface area (Å²) in [7, 11) is 0. The molecule has 0 spiro atoms. The maximum atomic E-state index is 5.98. The molecule has 0 atom stereocenters. The SMILES string of the molecule is c1ccc(-c2cccc(-c3ccc(Nc4ccc(-c5ccc6oc7ccccc7c6c5)cc4)cc3)c2)cc1. The van der Waals surface area contributed by atoms with E-state index < -0.39 is 0 Å². The van der Waals surface area contributed by atoms with Crippen LogP contribution in [0.5, 0.6) is 0 Å². The van der Waals surface area contributed by atoms with Crippen molar-refractivity contribution in [2.45, 2.75) is 0 Å². The van der Waals surface area contributed by atoms with Gasteiger partial charge in [0, 0.05) is 22.1 Å². The molecule has 1 heterocycles. The molecule has 38 heavy (non-hydrogen) atoms. The Balaban J connectivity index is 1.09. The third-order valence-corrected chi connectivity index (χ3v) is 7.07. The van der Waals surface area contributed by atoms with Gasteiger partial charge in [0.2, 0.25) is 0 Å². The maximum absolute atomic E-state index is 5.98. The van der Waals surface area contributed by atoms with Crippen molar-refractivity contribution in [3.63, 3.8) is 0 Å². The van der Waals surface area contributed by atoms with Gasteiger partial charge in [0.15, 0.2) is 0 Å². The molecule has 180 valence electrons. The Morgan fingerprint density at radius 2 is 0.842 bits per heavy atom. The highest BCUT2D eigenvalue weighted by Crippen LogP contribution is 2.33. The summed E-state index contributed by atoms with van der Waals surface area (Å²) in [6.45, 7) is 0. The van der Waals surface area contributed by atoms with E-state index in [4.69, 9.17) is 4.42 Å². The van der Waals surface area contributed by atoms with Crippen molar-refractivity contribution >= 4 is 33.3 Å². The van der Waals surface area contributed by atoms with Crippen LogP contribution in [0, 0.1) is 0 Å². The lowest BCUT2D eigenvalue weighted by Crippen LogP contribution is -1.90. The number of hydrogen-bond acceptors (Lipinski definition) is 2. The minimum Gasteiger partial charge on any atom is -0.456 e. The molecule has 0 aliphatic carbocycles. The zero-order valence-corrected chi connectivity index (χ0v) is 20.8. The number of rotatable bonds is 5. The van der Waals surface area contributed by atoms with Crippen LogP contribution in [0.1, 0.15) is 0 Å². The van der Waals surface area contributed by atoms with Crippen molar-refractivity contribution in [1.82, 2.24) is 0 Å². The van der Waals surface area contributed by atoms with Crippen LogP contribution < -0.4 is 5.32 Å². The largest absolute Gasteiger partial charge is 0.456 e. The molecule has 1 aromatic heterocycles. The molecule has 0 aliphatic rings. The summed E-state index contributed by atoms with van der Waals surface area (Å²) in [5.41, 5.74) is 11.2. The first kappa shape index (κ1) is 22.1. The van der Waals surface area contributed by atoms with Crippen LogP contribution in [0.15, 0.2) is 150 Å². The molecule has 2 heteroatoms. The third-order valence-electron chi connectivity index (χ3n) is 7.07. The second kappa shape index (κ2) is 9.42. The lowest BCUT2D eigenvalue weighted by molar-refractivity contribution is 0.669. The Morgan fingerprint density at radius 3 is 1.53 bits per heavy atom. The van der Waals surface area contributed by atoms with Crippen molar-refractivity contribution in [3.8, 4) is 33.4 Å². The average molecular weight is 488 g/mol. The van der Waals surface area contributed by atoms with E-state index in [1.165, 1.54) is 33.4 Å². The van der Waals surface area contributed by atoms with E-state index in [1.54, 1.807) is 0 Å². The molecule has 6 aromatic carbocycles. The summed E-state index contributed by atoms with van der Waals surface area (Å²) in [6, 6.07) is 51.0. The smallest absolute Gasteiger partial charge is 0.135 e. The molecule has 7 aromatic rings. The fourth-order valence-electron chi connectivity index (χ4n) is 5.07. The number of benzene rings is 6. The Kier molecular flexibility index (Phi) is 5.49. The molecule has 0 bridgehead atoms. The fourth-order valence-corrected chi connectivity index (χ4v) is 5.07. The number of para-hydroxylation sites is 1. The number of anilines is 2. The predicted molar refractivity (Wildman–Crippen MR) is 160 cm³/mol. The number of furan rings is 1. The highest BCUT2D eigenvalue weighted by molar-refractivity contribution is 6.06. The van der Waals surface area contributed by atoms with Crippen LogP contribution in [0.4, 0.5) is 11.4 Å². The first-order chi connectivity index (χ1) is 18.8. The summed E-state index contributed by atoms with van der Waals surface area (Å²) in [4.78, 5) is 0. The van der Waals surface area contributed by atoms with Crippen LogP contribution >= 0.6 is 0 Å². The van der Waals surface area contributed by atoms with E-state index in [1.807, 2.05) is 18.2 Å². The Morgan fingerprint density at radius 1 is 0.342 bits per heavy atom. The Labute approximate surface area is 221 Å². The molecule has 0 unspecified atom stereocenters. The zero-order valence-electron chi connectivity index (χ0n) is 20.8. The highest BCUT2D eigenvalue weighted by atomic mass is 16.3. The molecule has 0 saturated heterocycles. The van der Waals surface area contributed by atoms with E-state index in [2.05, 4.69) is 133 Å². The lowest BCUT2D eigenvalue weighted by atomic mass is 9.99. The summed E-state index contributed by atoms with van der Waals surface area (Å²) >= 11 is 0. The number of hydrogen-bond donors (Lipinski definition) is 1. The van der Waals surface area contributed by atoms with Crippen LogP contribution in [0.3, 0.4) is 0 Å². The molecule has 0 fully saturated rings. The maximum Gasteiger partial charge on any atom is 0.135 e. The van der Waals surface area contributed by atoms with Crippen molar-refractivity contribution in [3.05, 3.63) is 146 Å². The van der Waals surface area contributed by atoms with E-state index in [-0.39, 0.29) is 0 Å². The Bertz CT molecular complexity index is 1860. The molecule has 1 N–H and O–H groups in total. The first-order valence-corrected chi connectivity index (χ1v) is 12.8. The van der Waals surface area contributed by atoms with E-state index >= 15 is 0 Å². The fraction of sp³-hybridized carbons (Fsp3) is 0. The predicted octanol–water partition coefficient (Wildman–Crippen LogP) is 10.3. The zero-order chi connectivity index (χ0) is 25.3. The van der Waals surface area contributed by atoms with Gasteiger partial charge in [-0.25, -0.2) is 0 Å². The van der Waals surface area contributed by atoms with Crippen molar-refractivity contribution < 1.29 is 4.42 Å². The van der Waals surface area contributed by atoms with Crippen molar-refractivity contribution in [2.75, 3.05) is 5.32 Å². The Hall–Kier alpha value is -5.08. The monoisotopic (exact) mass is 487 g/mol. The van der Waals surface area contributed by atoms with Gasteiger partial charge in [0.05, 0.1) is 0 Å². The second-order valence-electron chi connectivity index (χ2n) is 9.54. The molecule has 0 amide bonds. The molecule has 0 saturated carbocycles. The summed E-state index contributed by atoms with van der Waals surface area (Å²) in [5, 5.41) is 5.83. The van der Waals surface area contributed by atoms with Gasteiger partial charge in [-0.15, -0.1) is 0 Å². The molecule has 2 nitrogen and oxygen atoms in total. The highest BCUT2D eigenvalue weighted by Gasteiger charge is 2.08. The second-order valence-corrected chi connectivity index (χ2v) is 9.54. The van der Waals surface area contributed by atoms with Gasteiger partial charge in [-0.1, -0.05) is 97.1 Å². The molecular formula is C36H25NO. The van der Waals surface area contributed by atoms with Gasteiger partial charge in [-0.2, -0.15) is 0 Å². The number of fused-ring (bicyclic) bond motifs is 3. The van der Waals surface area contributed by atoms with Crippen LogP contribution in [-0.2, 0) is 0 Å². The quantitative estimate of drug-likeness (QED) is 0.261. The normalized spacial score (nSPS) is 11.2. The van der Waals surface area contributed by atoms with Crippen LogP contribution in [-0.4, -0.2) is 0 Å². The van der Waals surface area contributed by atoms with Gasteiger partial charge in [0.1, 0.15) is 11.2 Å². The van der Waals surface area contributed by atoms with Gasteiger partial charge < -0.3 is 9.73 Å². The van der Waals surface area contributed by atoms with Crippen LogP contribution in [0.2, 0.25) is 0 Å². The average Bonchev–Trinajstić information content (AvgIpc) is 3.37. The standard InChI is InChI=1S/C36H25NO/c1-2-7-25(8-3-1)28-9-6-10-29(23-28)26-13-18-31(19-14-26)37-32-20-15-27(16-21-32)30-17-22-36-34(24-30)33-11-4-5-12-35(33)38-36/h1-24,37H. The first-order valence-electron chi connectivity index (χ1n) is 12.8. The van der Waals surface area contributed by atoms with E-state index in [0.717, 1.165) is 33.3 Å². The molecule has 0 radical (unpaired) electrons. The summed E-state index contributed by atoms with van der Waals surface area (Å²) in [6.07, 6.45) is 0. The van der Waals surface area contributed by atoms with Gasteiger partial charge in [-0.05, 0) is 81.9 Å². The van der Waals surface area contributed by atoms with Crippen molar-refractivity contribution in [1.29, 1.82) is 0 Å².